The molecule has 0 bridgehead atoms. The fraction of sp³-hybridized carbons (Fsp3) is 0.250. The quantitative estimate of drug-likeness (QED) is 0.760. The number of hydrogen-bond donors (Lipinski definition) is 0. The second-order valence-electron chi connectivity index (χ2n) is 2.49. The lowest BCUT2D eigenvalue weighted by atomic mass is 10.2. The first-order valence-electron chi connectivity index (χ1n) is 3.54. The van der Waals surface area contributed by atoms with Gasteiger partial charge in [0.1, 0.15) is 12.4 Å². The van der Waals surface area contributed by atoms with E-state index >= 15 is 0 Å². The lowest BCUT2D eigenvalue weighted by Gasteiger charge is -2.09. The van der Waals surface area contributed by atoms with E-state index in [0.717, 1.165) is 12.1 Å². The highest BCUT2D eigenvalue weighted by Crippen LogP contribution is 2.26. The molecule has 1 aromatic carbocycles. The lowest BCUT2D eigenvalue weighted by molar-refractivity contribution is -0.274. The van der Waals surface area contributed by atoms with Crippen molar-refractivity contribution in [2.75, 3.05) is 0 Å². The molecule has 0 unspecified atom stereocenters. The van der Waals surface area contributed by atoms with Gasteiger partial charge in [-0.05, 0) is 23.8 Å². The van der Waals surface area contributed by atoms with Crippen molar-refractivity contribution in [3.8, 4) is 5.75 Å². The molecule has 14 heavy (non-hydrogen) atoms. The number of alkyl halides is 3. The predicted octanol–water partition coefficient (Wildman–Crippen LogP) is 3.17. The Labute approximate surface area is 82.9 Å². The van der Waals surface area contributed by atoms with E-state index in [-0.39, 0.29) is 10.6 Å². The van der Waals surface area contributed by atoms with Crippen LogP contribution in [-0.4, -0.2) is 6.36 Å². The van der Waals surface area contributed by atoms with Crippen molar-refractivity contribution in [3.63, 3.8) is 0 Å². The SMILES string of the molecule is [O]Cc1cc(Cl)cc(OC(F)(F)F)c1. The maximum Gasteiger partial charge on any atom is 0.573 e. The summed E-state index contributed by atoms with van der Waals surface area (Å²) in [6, 6.07) is 3.29. The Morgan fingerprint density at radius 2 is 1.93 bits per heavy atom. The molecule has 0 heterocycles. The van der Waals surface area contributed by atoms with Gasteiger partial charge >= 0.3 is 6.36 Å². The first-order chi connectivity index (χ1) is 6.40. The minimum atomic E-state index is -4.77. The Morgan fingerprint density at radius 1 is 1.29 bits per heavy atom. The summed E-state index contributed by atoms with van der Waals surface area (Å²) >= 11 is 5.47. The molecule has 0 spiro atoms. The largest absolute Gasteiger partial charge is 0.573 e. The Kier molecular flexibility index (Phi) is 3.23. The summed E-state index contributed by atoms with van der Waals surface area (Å²) in [4.78, 5) is 0. The van der Waals surface area contributed by atoms with Crippen molar-refractivity contribution in [1.29, 1.82) is 0 Å². The Morgan fingerprint density at radius 3 is 2.43 bits per heavy atom. The predicted molar refractivity (Wildman–Crippen MR) is 42.5 cm³/mol. The maximum atomic E-state index is 11.8. The zero-order valence-electron chi connectivity index (χ0n) is 6.77. The third-order valence-electron chi connectivity index (χ3n) is 1.33. The van der Waals surface area contributed by atoms with Gasteiger partial charge in [-0.3, -0.25) is 0 Å². The summed E-state index contributed by atoms with van der Waals surface area (Å²) in [7, 11) is 0. The molecular formula is C8H5ClF3O2. The minimum absolute atomic E-state index is 0.0394. The molecule has 2 nitrogen and oxygen atoms in total. The molecule has 0 N–H and O–H groups in total. The molecule has 0 saturated carbocycles. The maximum absolute atomic E-state index is 11.8. The zero-order chi connectivity index (χ0) is 10.8. The van der Waals surface area contributed by atoms with Gasteiger partial charge in [-0.15, -0.1) is 13.2 Å². The van der Waals surface area contributed by atoms with E-state index in [1.807, 2.05) is 0 Å². The number of rotatable bonds is 2. The number of benzene rings is 1. The highest BCUT2D eigenvalue weighted by atomic mass is 35.5. The zero-order valence-corrected chi connectivity index (χ0v) is 7.52. The molecule has 0 aromatic heterocycles. The van der Waals surface area contributed by atoms with Crippen LogP contribution in [0.25, 0.3) is 0 Å². The van der Waals surface area contributed by atoms with Gasteiger partial charge in [0.2, 0.25) is 0 Å². The average Bonchev–Trinajstić information content (AvgIpc) is 1.99. The van der Waals surface area contributed by atoms with Crippen molar-refractivity contribution in [2.45, 2.75) is 13.0 Å². The smallest absolute Gasteiger partial charge is 0.406 e. The Balaban J connectivity index is 2.92. The van der Waals surface area contributed by atoms with Crippen LogP contribution in [0.15, 0.2) is 18.2 Å². The van der Waals surface area contributed by atoms with E-state index in [0.29, 0.717) is 0 Å². The van der Waals surface area contributed by atoms with Crippen molar-refractivity contribution in [2.24, 2.45) is 0 Å². The standard InChI is InChI=1S/C8H5ClF3O2/c9-6-1-5(4-13)2-7(3-6)14-8(10,11)12/h1-3H,4H2. The van der Waals surface area contributed by atoms with Crippen LogP contribution >= 0.6 is 11.6 Å². The average molecular weight is 226 g/mol. The first-order valence-corrected chi connectivity index (χ1v) is 3.92. The van der Waals surface area contributed by atoms with E-state index in [2.05, 4.69) is 4.74 Å². The van der Waals surface area contributed by atoms with E-state index in [4.69, 9.17) is 11.6 Å². The topological polar surface area (TPSA) is 29.1 Å². The van der Waals surface area contributed by atoms with Gasteiger partial charge in [0.05, 0.1) is 0 Å². The highest BCUT2D eigenvalue weighted by Gasteiger charge is 2.31. The molecule has 0 fully saturated rings. The van der Waals surface area contributed by atoms with Crippen molar-refractivity contribution < 1.29 is 23.0 Å². The molecule has 1 rings (SSSR count). The molecule has 0 saturated heterocycles. The van der Waals surface area contributed by atoms with Crippen LogP contribution in [0.1, 0.15) is 5.56 Å². The molecule has 0 aliphatic rings. The second-order valence-corrected chi connectivity index (χ2v) is 2.92. The molecule has 6 heteroatoms. The molecular weight excluding hydrogens is 221 g/mol. The molecule has 1 radical (unpaired) electrons. The fourth-order valence-corrected chi connectivity index (χ4v) is 1.14. The van der Waals surface area contributed by atoms with Crippen molar-refractivity contribution in [3.05, 3.63) is 28.8 Å². The normalized spacial score (nSPS) is 11.5. The molecule has 0 aliphatic heterocycles. The second kappa shape index (κ2) is 4.06. The van der Waals surface area contributed by atoms with Crippen LogP contribution in [-0.2, 0) is 11.7 Å². The molecule has 77 valence electrons. The highest BCUT2D eigenvalue weighted by molar-refractivity contribution is 6.30. The van der Waals surface area contributed by atoms with Gasteiger partial charge in [0, 0.05) is 5.02 Å². The van der Waals surface area contributed by atoms with Gasteiger partial charge in [-0.25, -0.2) is 5.11 Å². The molecule has 0 amide bonds. The summed E-state index contributed by atoms with van der Waals surface area (Å²) in [5.41, 5.74) is 0.150. The van der Waals surface area contributed by atoms with Crippen molar-refractivity contribution in [1.82, 2.24) is 0 Å². The van der Waals surface area contributed by atoms with Crippen LogP contribution in [0, 0.1) is 0 Å². The van der Waals surface area contributed by atoms with Crippen LogP contribution in [0.5, 0.6) is 5.75 Å². The van der Waals surface area contributed by atoms with E-state index in [1.54, 1.807) is 0 Å². The number of halogens is 4. The third kappa shape index (κ3) is 3.43. The monoisotopic (exact) mass is 225 g/mol. The van der Waals surface area contributed by atoms with E-state index in [1.165, 1.54) is 6.07 Å². The van der Waals surface area contributed by atoms with Crippen LogP contribution in [0.2, 0.25) is 5.02 Å². The summed E-state index contributed by atoms with van der Waals surface area (Å²) in [6.45, 7) is -0.644. The minimum Gasteiger partial charge on any atom is -0.406 e. The number of hydrogen-bond acceptors (Lipinski definition) is 1. The summed E-state index contributed by atoms with van der Waals surface area (Å²) in [5, 5.41) is 10.4. The van der Waals surface area contributed by atoms with Gasteiger partial charge in [0.15, 0.2) is 0 Å². The Bertz CT molecular complexity index is 325. The van der Waals surface area contributed by atoms with Crippen LogP contribution in [0.3, 0.4) is 0 Å². The van der Waals surface area contributed by atoms with Crippen LogP contribution < -0.4 is 4.74 Å². The van der Waals surface area contributed by atoms with E-state index < -0.39 is 18.7 Å². The summed E-state index contributed by atoms with van der Waals surface area (Å²) < 4.78 is 38.9. The summed E-state index contributed by atoms with van der Waals surface area (Å²) in [5.74, 6) is -0.476. The van der Waals surface area contributed by atoms with E-state index in [9.17, 15) is 18.3 Å². The summed E-state index contributed by atoms with van der Waals surface area (Å²) in [6.07, 6.45) is -4.77. The molecule has 0 aliphatic carbocycles. The van der Waals surface area contributed by atoms with Gasteiger partial charge in [0.25, 0.3) is 0 Å². The van der Waals surface area contributed by atoms with Gasteiger partial charge in [-0.1, -0.05) is 11.6 Å². The van der Waals surface area contributed by atoms with Crippen molar-refractivity contribution >= 4 is 11.6 Å². The van der Waals surface area contributed by atoms with Crippen LogP contribution in [0.4, 0.5) is 13.2 Å². The first kappa shape index (κ1) is 11.1. The third-order valence-corrected chi connectivity index (χ3v) is 1.55. The van der Waals surface area contributed by atoms with Gasteiger partial charge < -0.3 is 4.74 Å². The molecule has 0 atom stereocenters. The van der Waals surface area contributed by atoms with Gasteiger partial charge in [-0.2, -0.15) is 0 Å². The lowest BCUT2D eigenvalue weighted by Crippen LogP contribution is -2.17. The Hall–Kier alpha value is -0.940. The molecule has 1 aromatic rings. The fourth-order valence-electron chi connectivity index (χ4n) is 0.897. The number of ether oxygens (including phenoxy) is 1.